The molecule has 0 aromatic heterocycles. The van der Waals surface area contributed by atoms with Crippen molar-refractivity contribution < 1.29 is 1.43 Å². The van der Waals surface area contributed by atoms with Gasteiger partial charge >= 0.3 is 0 Å². The van der Waals surface area contributed by atoms with Crippen molar-refractivity contribution in [2.45, 2.75) is 40.2 Å². The van der Waals surface area contributed by atoms with Crippen LogP contribution in [-0.4, -0.2) is 6.04 Å². The molecule has 0 saturated carbocycles. The van der Waals surface area contributed by atoms with Crippen molar-refractivity contribution in [2.24, 2.45) is 5.73 Å². The van der Waals surface area contributed by atoms with E-state index in [1.807, 2.05) is 20.8 Å². The van der Waals surface area contributed by atoms with Crippen LogP contribution in [0.4, 0.5) is 0 Å². The van der Waals surface area contributed by atoms with Crippen LogP contribution in [0.25, 0.3) is 0 Å². The van der Waals surface area contributed by atoms with E-state index in [1.54, 1.807) is 0 Å². The molecule has 0 amide bonds. The quantitative estimate of drug-likeness (QED) is 0.542. The highest BCUT2D eigenvalue weighted by Gasteiger charge is 1.79. The number of nitrogens with two attached hydrogens (primary N) is 1. The lowest BCUT2D eigenvalue weighted by atomic mass is 10.3. The van der Waals surface area contributed by atoms with E-state index in [1.165, 1.54) is 0 Å². The van der Waals surface area contributed by atoms with E-state index in [4.69, 9.17) is 5.73 Å². The van der Waals surface area contributed by atoms with Crippen LogP contribution in [0.1, 0.15) is 35.5 Å². The molecular weight excluding hydrogens is 86.1 g/mol. The second kappa shape index (κ2) is 9.35. The second-order valence-corrected chi connectivity index (χ2v) is 1.39. The first-order valence-electron chi connectivity index (χ1n) is 3.03. The molecule has 0 heterocycles. The molecule has 0 radical (unpaired) electrons. The Balaban J connectivity index is -0.0000000750. The van der Waals surface area contributed by atoms with Gasteiger partial charge < -0.3 is 5.73 Å². The third kappa shape index (κ3) is 24.3. The van der Waals surface area contributed by atoms with Crippen LogP contribution in [-0.2, 0) is 0 Å². The highest BCUT2D eigenvalue weighted by Crippen LogP contribution is 1.77. The van der Waals surface area contributed by atoms with Gasteiger partial charge in [0.05, 0.1) is 0 Å². The lowest BCUT2D eigenvalue weighted by Gasteiger charge is -1.91. The molecule has 0 aliphatic rings. The Kier molecular flexibility index (Phi) is 13.4. The minimum absolute atomic E-state index is 0. The summed E-state index contributed by atoms with van der Waals surface area (Å²) in [7, 11) is 0. The summed E-state index contributed by atoms with van der Waals surface area (Å²) in [6.45, 7) is 8.07. The summed E-state index contributed by atoms with van der Waals surface area (Å²) in [5, 5.41) is 0. The van der Waals surface area contributed by atoms with Crippen LogP contribution in [0.3, 0.4) is 0 Å². The average molecular weight is 105 g/mol. The van der Waals surface area contributed by atoms with Gasteiger partial charge in [-0.25, -0.2) is 0 Å². The van der Waals surface area contributed by atoms with Crippen molar-refractivity contribution in [3.05, 3.63) is 0 Å². The first-order chi connectivity index (χ1) is 3.27. The van der Waals surface area contributed by atoms with Crippen LogP contribution >= 0.6 is 0 Å². The first-order valence-corrected chi connectivity index (χ1v) is 3.03. The lowest BCUT2D eigenvalue weighted by Crippen LogP contribution is -2.11. The summed E-state index contributed by atoms with van der Waals surface area (Å²) in [6, 6.07) is 0.384. The zero-order valence-corrected chi connectivity index (χ0v) is 5.86. The van der Waals surface area contributed by atoms with Gasteiger partial charge in [-0.3, -0.25) is 0 Å². The monoisotopic (exact) mass is 105 g/mol. The molecule has 1 atom stereocenters. The molecule has 0 rings (SSSR count). The van der Waals surface area contributed by atoms with Gasteiger partial charge in [-0.05, 0) is 13.3 Å². The molecule has 1 unspecified atom stereocenters. The molecule has 1 heteroatoms. The lowest BCUT2D eigenvalue weighted by molar-refractivity contribution is 0.715. The highest BCUT2D eigenvalue weighted by atomic mass is 14.6. The minimum atomic E-state index is 0. The van der Waals surface area contributed by atoms with Gasteiger partial charge in [0.25, 0.3) is 0 Å². The zero-order valence-electron chi connectivity index (χ0n) is 5.86. The minimum Gasteiger partial charge on any atom is -0.328 e. The summed E-state index contributed by atoms with van der Waals surface area (Å²) in [5.41, 5.74) is 5.29. The molecule has 1 nitrogen and oxygen atoms in total. The zero-order chi connectivity index (χ0) is 6.28. The molecule has 0 fully saturated rings. The van der Waals surface area contributed by atoms with Gasteiger partial charge in [0.2, 0.25) is 0 Å². The maximum atomic E-state index is 5.29. The molecular formula is C6H19N. The van der Waals surface area contributed by atoms with E-state index in [-0.39, 0.29) is 1.43 Å². The molecule has 48 valence electrons. The fourth-order valence-electron chi connectivity index (χ4n) is 0. The number of hydrogen-bond donors (Lipinski definition) is 1. The van der Waals surface area contributed by atoms with E-state index >= 15 is 0 Å². The molecule has 7 heavy (non-hydrogen) atoms. The van der Waals surface area contributed by atoms with Crippen LogP contribution < -0.4 is 5.73 Å². The largest absolute Gasteiger partial charge is 0.328 e. The summed E-state index contributed by atoms with van der Waals surface area (Å²) in [4.78, 5) is 0. The Morgan fingerprint density at radius 2 is 1.71 bits per heavy atom. The Morgan fingerprint density at radius 3 is 1.71 bits per heavy atom. The summed E-state index contributed by atoms with van der Waals surface area (Å²) < 4.78 is 0. The van der Waals surface area contributed by atoms with Crippen molar-refractivity contribution in [1.82, 2.24) is 0 Å². The van der Waals surface area contributed by atoms with Crippen molar-refractivity contribution in [3.63, 3.8) is 0 Å². The van der Waals surface area contributed by atoms with E-state index in [0.717, 1.165) is 6.42 Å². The molecule has 0 aromatic carbocycles. The van der Waals surface area contributed by atoms with Gasteiger partial charge in [0, 0.05) is 7.47 Å². The third-order valence-corrected chi connectivity index (χ3v) is 0.644. The maximum Gasteiger partial charge on any atom is 0.000781 e. The van der Waals surface area contributed by atoms with Crippen molar-refractivity contribution >= 4 is 0 Å². The predicted molar refractivity (Wildman–Crippen MR) is 37.4 cm³/mol. The predicted octanol–water partition coefficient (Wildman–Crippen LogP) is 2.02. The fraction of sp³-hybridized carbons (Fsp3) is 1.00. The Bertz CT molecular complexity index is 22.5. The number of rotatable bonds is 1. The third-order valence-electron chi connectivity index (χ3n) is 0.644. The van der Waals surface area contributed by atoms with Crippen LogP contribution in [0.2, 0.25) is 0 Å². The molecule has 0 saturated heterocycles. The van der Waals surface area contributed by atoms with Crippen molar-refractivity contribution in [1.29, 1.82) is 0 Å². The normalized spacial score (nSPS) is 11.6. The molecule has 0 spiro atoms. The summed E-state index contributed by atoms with van der Waals surface area (Å²) in [5.74, 6) is 0. The highest BCUT2D eigenvalue weighted by molar-refractivity contribution is 4.43. The second-order valence-electron chi connectivity index (χ2n) is 1.39. The Hall–Kier alpha value is -0.0400. The molecule has 0 aliphatic carbocycles. The Morgan fingerprint density at radius 1 is 1.57 bits per heavy atom. The molecule has 2 N–H and O–H groups in total. The average Bonchev–Trinajstić information content (AvgIpc) is 1.73. The van der Waals surface area contributed by atoms with Gasteiger partial charge in [-0.2, -0.15) is 0 Å². The van der Waals surface area contributed by atoms with Gasteiger partial charge in [-0.1, -0.05) is 20.8 Å². The van der Waals surface area contributed by atoms with Gasteiger partial charge in [0.15, 0.2) is 0 Å². The number of hydrogen-bond acceptors (Lipinski definition) is 1. The summed E-state index contributed by atoms with van der Waals surface area (Å²) in [6.07, 6.45) is 1.08. The van der Waals surface area contributed by atoms with E-state index < -0.39 is 0 Å². The van der Waals surface area contributed by atoms with Crippen molar-refractivity contribution in [2.75, 3.05) is 0 Å². The van der Waals surface area contributed by atoms with Gasteiger partial charge in [-0.15, -0.1) is 0 Å². The van der Waals surface area contributed by atoms with Crippen LogP contribution in [0, 0.1) is 0 Å². The molecule has 0 bridgehead atoms. The topological polar surface area (TPSA) is 26.0 Å². The van der Waals surface area contributed by atoms with E-state index in [9.17, 15) is 0 Å². The Labute approximate surface area is 48.4 Å². The van der Waals surface area contributed by atoms with E-state index in [2.05, 4.69) is 6.92 Å². The SMILES string of the molecule is CC.CCC(C)N.[HH]. The molecule has 0 aliphatic heterocycles. The van der Waals surface area contributed by atoms with Crippen LogP contribution in [0.15, 0.2) is 0 Å². The summed E-state index contributed by atoms with van der Waals surface area (Å²) >= 11 is 0. The van der Waals surface area contributed by atoms with E-state index in [0.29, 0.717) is 6.04 Å². The van der Waals surface area contributed by atoms with Gasteiger partial charge in [0.1, 0.15) is 0 Å². The molecule has 0 aromatic rings. The fourth-order valence-corrected chi connectivity index (χ4v) is 0. The van der Waals surface area contributed by atoms with Crippen molar-refractivity contribution in [3.8, 4) is 0 Å². The standard InChI is InChI=1S/C4H11N.C2H6.H2/c1-3-4(2)5;1-2;/h4H,3,5H2,1-2H3;1-2H3;1H. The maximum absolute atomic E-state index is 5.29. The smallest absolute Gasteiger partial charge is 0.000781 e. The first kappa shape index (κ1) is 10.0. The van der Waals surface area contributed by atoms with Crippen LogP contribution in [0.5, 0.6) is 0 Å².